The minimum Gasteiger partial charge on any atom is -0.508 e. The molecule has 0 aliphatic rings. The van der Waals surface area contributed by atoms with E-state index < -0.39 is 5.91 Å². The smallest absolute Gasteiger partial charge is 0.294 e. The molecule has 0 bridgehead atoms. The van der Waals surface area contributed by atoms with Crippen molar-refractivity contribution in [1.82, 2.24) is 30.7 Å². The van der Waals surface area contributed by atoms with E-state index in [0.717, 1.165) is 11.6 Å². The van der Waals surface area contributed by atoms with Crippen molar-refractivity contribution in [1.29, 1.82) is 0 Å². The number of phenolic OH excluding ortho intramolecular Hbond substituents is 2. The molecular weight excluding hydrogens is 404 g/mol. The lowest BCUT2D eigenvalue weighted by molar-refractivity contribution is 0.0950. The van der Waals surface area contributed by atoms with Crippen molar-refractivity contribution in [2.24, 2.45) is 5.10 Å². The molecule has 2 aromatic carbocycles. The largest absolute Gasteiger partial charge is 0.508 e. The van der Waals surface area contributed by atoms with E-state index in [9.17, 15) is 15.0 Å². The van der Waals surface area contributed by atoms with Crippen LogP contribution < -0.4 is 11.2 Å². The van der Waals surface area contributed by atoms with Gasteiger partial charge >= 0.3 is 0 Å². The maximum atomic E-state index is 12.8. The predicted octanol–water partition coefficient (Wildman–Crippen LogP) is 1.38. The van der Waals surface area contributed by atoms with Crippen LogP contribution in [0.1, 0.15) is 21.6 Å². The van der Waals surface area contributed by atoms with Crippen LogP contribution in [-0.2, 0) is 0 Å². The number of carbonyl (C=O) groups is 1. The van der Waals surface area contributed by atoms with Crippen LogP contribution in [0.3, 0.4) is 0 Å². The van der Waals surface area contributed by atoms with Crippen LogP contribution in [0.2, 0.25) is 0 Å². The molecule has 2 aromatic heterocycles. The van der Waals surface area contributed by atoms with Gasteiger partial charge in [-0.25, -0.2) is 10.1 Å². The number of nitrogens with one attached hydrogen (secondary N) is 1. The minimum atomic E-state index is -0.661. The summed E-state index contributed by atoms with van der Waals surface area (Å²) < 4.78 is 5.88. The van der Waals surface area contributed by atoms with E-state index in [1.54, 1.807) is 12.1 Å². The van der Waals surface area contributed by atoms with Crippen molar-refractivity contribution in [3.8, 4) is 28.6 Å². The third-order valence-corrected chi connectivity index (χ3v) is 4.29. The molecule has 0 aliphatic heterocycles. The Labute approximate surface area is 174 Å². The second-order valence-corrected chi connectivity index (χ2v) is 6.48. The van der Waals surface area contributed by atoms with Crippen LogP contribution in [0.15, 0.2) is 52.2 Å². The number of amides is 1. The SMILES string of the molecule is Cc1ccc(-c2c(C(=O)N/N=C\c3ccc(O)cc3O)nnn2-c2nonc2N)cc1. The summed E-state index contributed by atoms with van der Waals surface area (Å²) in [6, 6.07) is 11.3. The number of nitrogens with two attached hydrogens (primary N) is 1. The number of carbonyl (C=O) groups excluding carboxylic acids is 1. The number of phenols is 2. The molecule has 4 rings (SSSR count). The molecule has 0 radical (unpaired) electrons. The fourth-order valence-corrected chi connectivity index (χ4v) is 2.75. The molecule has 156 valence electrons. The van der Waals surface area contributed by atoms with Gasteiger partial charge in [-0.05, 0) is 29.4 Å². The van der Waals surface area contributed by atoms with Gasteiger partial charge in [0.1, 0.15) is 17.2 Å². The summed E-state index contributed by atoms with van der Waals surface area (Å²) in [5.74, 6) is -0.894. The number of aromatic nitrogens is 5. The number of benzene rings is 2. The Bertz CT molecular complexity index is 1280. The van der Waals surface area contributed by atoms with Gasteiger partial charge in [0.15, 0.2) is 5.69 Å². The summed E-state index contributed by atoms with van der Waals surface area (Å²) in [6.45, 7) is 1.93. The summed E-state index contributed by atoms with van der Waals surface area (Å²) in [5, 5.41) is 38.1. The average molecular weight is 420 g/mol. The maximum absolute atomic E-state index is 12.8. The van der Waals surface area contributed by atoms with Gasteiger partial charge in [-0.3, -0.25) is 4.79 Å². The van der Waals surface area contributed by atoms with E-state index in [1.165, 1.54) is 23.0 Å². The van der Waals surface area contributed by atoms with E-state index in [2.05, 4.69) is 35.8 Å². The number of aryl methyl sites for hydroxylation is 1. The van der Waals surface area contributed by atoms with Gasteiger partial charge < -0.3 is 15.9 Å². The lowest BCUT2D eigenvalue weighted by Gasteiger charge is -2.06. The third-order valence-electron chi connectivity index (χ3n) is 4.29. The normalized spacial score (nSPS) is 11.1. The van der Waals surface area contributed by atoms with Crippen LogP contribution in [0.25, 0.3) is 17.1 Å². The van der Waals surface area contributed by atoms with Gasteiger partial charge in [0.25, 0.3) is 5.91 Å². The van der Waals surface area contributed by atoms with Crippen molar-refractivity contribution < 1.29 is 19.6 Å². The van der Waals surface area contributed by atoms with Gasteiger partial charge in [0.05, 0.1) is 6.21 Å². The van der Waals surface area contributed by atoms with Gasteiger partial charge in [0.2, 0.25) is 11.6 Å². The highest BCUT2D eigenvalue weighted by atomic mass is 16.6. The Morgan fingerprint density at radius 2 is 1.97 bits per heavy atom. The molecule has 12 nitrogen and oxygen atoms in total. The number of rotatable bonds is 5. The molecule has 31 heavy (non-hydrogen) atoms. The highest BCUT2D eigenvalue weighted by molar-refractivity contribution is 5.99. The monoisotopic (exact) mass is 420 g/mol. The van der Waals surface area contributed by atoms with E-state index >= 15 is 0 Å². The standard InChI is InChI=1S/C19H16N8O4/c1-10-2-4-11(5-3-10)16-15(22-26-27(16)18-17(20)24-31-25-18)19(30)23-21-9-12-6-7-13(28)8-14(12)29/h2-9,28-29H,1H3,(H2,20,24)(H,23,30)/b21-9-. The third kappa shape index (κ3) is 3.89. The number of nitrogen functional groups attached to an aromatic ring is 1. The first kappa shape index (κ1) is 19.6. The molecule has 0 aliphatic carbocycles. The fourth-order valence-electron chi connectivity index (χ4n) is 2.75. The predicted molar refractivity (Wildman–Crippen MR) is 109 cm³/mol. The van der Waals surface area contributed by atoms with Crippen molar-refractivity contribution in [3.63, 3.8) is 0 Å². The van der Waals surface area contributed by atoms with E-state index in [0.29, 0.717) is 16.8 Å². The van der Waals surface area contributed by atoms with Crippen LogP contribution in [0.5, 0.6) is 11.5 Å². The molecule has 0 spiro atoms. The minimum absolute atomic E-state index is 0.0222. The Morgan fingerprint density at radius 3 is 2.65 bits per heavy atom. The summed E-state index contributed by atoms with van der Waals surface area (Å²) in [5.41, 5.74) is 10.3. The molecular formula is C19H16N8O4. The number of aromatic hydroxyl groups is 2. The van der Waals surface area contributed by atoms with Crippen molar-refractivity contribution >= 4 is 17.9 Å². The van der Waals surface area contributed by atoms with Gasteiger partial charge in [-0.1, -0.05) is 35.0 Å². The highest BCUT2D eigenvalue weighted by Crippen LogP contribution is 2.26. The number of nitrogens with zero attached hydrogens (tertiary/aromatic N) is 6. The van der Waals surface area contributed by atoms with Crippen LogP contribution in [0, 0.1) is 6.92 Å². The molecule has 2 heterocycles. The van der Waals surface area contributed by atoms with Crippen LogP contribution in [0.4, 0.5) is 5.82 Å². The highest BCUT2D eigenvalue weighted by Gasteiger charge is 2.25. The van der Waals surface area contributed by atoms with Gasteiger partial charge in [-0.15, -0.1) is 5.10 Å². The first-order chi connectivity index (χ1) is 14.9. The molecule has 5 N–H and O–H groups in total. The zero-order valence-electron chi connectivity index (χ0n) is 16.1. The summed E-state index contributed by atoms with van der Waals surface area (Å²) in [6.07, 6.45) is 1.22. The zero-order valence-corrected chi connectivity index (χ0v) is 16.1. The number of hydrazone groups is 1. The quantitative estimate of drug-likeness (QED) is 0.274. The molecule has 0 unspecified atom stereocenters. The van der Waals surface area contributed by atoms with Gasteiger partial charge in [-0.2, -0.15) is 9.78 Å². The van der Waals surface area contributed by atoms with Gasteiger partial charge in [0, 0.05) is 17.2 Å². The first-order valence-corrected chi connectivity index (χ1v) is 8.90. The molecule has 0 atom stereocenters. The number of anilines is 1. The number of hydrogen-bond donors (Lipinski definition) is 4. The average Bonchev–Trinajstić information content (AvgIpc) is 3.36. The topological polar surface area (TPSA) is 178 Å². The number of hydrogen-bond acceptors (Lipinski definition) is 10. The lowest BCUT2D eigenvalue weighted by atomic mass is 10.1. The molecule has 12 heteroatoms. The van der Waals surface area contributed by atoms with E-state index in [4.69, 9.17) is 5.73 Å². The van der Waals surface area contributed by atoms with Crippen LogP contribution >= 0.6 is 0 Å². The second kappa shape index (κ2) is 7.94. The molecule has 1 amide bonds. The molecule has 0 saturated heterocycles. The van der Waals surface area contributed by atoms with Crippen molar-refractivity contribution in [2.45, 2.75) is 6.92 Å². The lowest BCUT2D eigenvalue weighted by Crippen LogP contribution is -2.19. The maximum Gasteiger partial charge on any atom is 0.294 e. The molecule has 4 aromatic rings. The molecule has 0 fully saturated rings. The summed E-state index contributed by atoms with van der Waals surface area (Å²) in [7, 11) is 0. The molecule has 0 saturated carbocycles. The Balaban J connectivity index is 1.68. The van der Waals surface area contributed by atoms with E-state index in [-0.39, 0.29) is 28.8 Å². The zero-order chi connectivity index (χ0) is 22.0. The Kier molecular flexibility index (Phi) is 5.02. The van der Waals surface area contributed by atoms with Crippen molar-refractivity contribution in [3.05, 3.63) is 59.3 Å². The second-order valence-electron chi connectivity index (χ2n) is 6.48. The van der Waals surface area contributed by atoms with E-state index in [1.807, 2.05) is 19.1 Å². The summed E-state index contributed by atoms with van der Waals surface area (Å²) >= 11 is 0. The fraction of sp³-hybridized carbons (Fsp3) is 0.0526. The van der Waals surface area contributed by atoms with Crippen LogP contribution in [-0.4, -0.2) is 47.6 Å². The Hall–Kier alpha value is -4.74. The Morgan fingerprint density at radius 1 is 1.19 bits per heavy atom. The van der Waals surface area contributed by atoms with Crippen molar-refractivity contribution in [2.75, 3.05) is 5.73 Å². The first-order valence-electron chi connectivity index (χ1n) is 8.90. The summed E-state index contributed by atoms with van der Waals surface area (Å²) in [4.78, 5) is 12.8.